The molecule has 0 amide bonds. The molecule has 2 aromatic rings. The Kier molecular flexibility index (Phi) is 6.20. The Labute approximate surface area is 188 Å². The van der Waals surface area contributed by atoms with Crippen molar-refractivity contribution in [3.8, 4) is 17.6 Å². The molecule has 1 atom stereocenters. The average molecular weight is 430 g/mol. The van der Waals surface area contributed by atoms with Crippen molar-refractivity contribution in [2.75, 3.05) is 33.9 Å². The van der Waals surface area contributed by atoms with Gasteiger partial charge in [0.2, 0.25) is 5.88 Å². The topological polar surface area (TPSA) is 80.7 Å². The third-order valence-electron chi connectivity index (χ3n) is 5.97. The number of likely N-dealkylation sites (N-methyl/N-ethyl adjacent to an activating group) is 1. The number of para-hydroxylation sites is 2. The number of hydrogen-bond acceptors (Lipinski definition) is 6. The molecule has 6 heteroatoms. The van der Waals surface area contributed by atoms with Crippen molar-refractivity contribution in [3.05, 3.63) is 88.0 Å². The summed E-state index contributed by atoms with van der Waals surface area (Å²) in [6, 6.07) is 17.9. The fraction of sp³-hybridized carbons (Fsp3) is 0.269. The minimum atomic E-state index is -0.338. The van der Waals surface area contributed by atoms with Crippen LogP contribution >= 0.6 is 0 Å². The second-order valence-corrected chi connectivity index (χ2v) is 7.74. The van der Waals surface area contributed by atoms with Gasteiger partial charge in [0.25, 0.3) is 0 Å². The first-order chi connectivity index (χ1) is 15.6. The highest BCUT2D eigenvalue weighted by Crippen LogP contribution is 2.46. The van der Waals surface area contributed by atoms with Crippen molar-refractivity contribution in [2.24, 2.45) is 5.73 Å². The Morgan fingerprint density at radius 3 is 2.47 bits per heavy atom. The molecule has 2 aliphatic heterocycles. The maximum absolute atomic E-state index is 9.96. The lowest BCUT2D eigenvalue weighted by atomic mass is 9.79. The molecule has 0 fully saturated rings. The van der Waals surface area contributed by atoms with Gasteiger partial charge in [0.15, 0.2) is 0 Å². The lowest BCUT2D eigenvalue weighted by molar-refractivity contribution is 0.238. The normalized spacial score (nSPS) is 19.9. The second kappa shape index (κ2) is 9.21. The molecule has 6 nitrogen and oxygen atoms in total. The number of allylic oxidation sites excluding steroid dienone is 1. The van der Waals surface area contributed by atoms with Gasteiger partial charge in [-0.1, -0.05) is 43.3 Å². The quantitative estimate of drug-likeness (QED) is 0.768. The summed E-state index contributed by atoms with van der Waals surface area (Å²) in [5.74, 6) is 2.03. The number of nitrogens with zero attached hydrogens (tertiary/aromatic N) is 2. The van der Waals surface area contributed by atoms with Crippen LogP contribution in [-0.4, -0.2) is 38.8 Å². The van der Waals surface area contributed by atoms with E-state index in [1.165, 1.54) is 0 Å². The second-order valence-electron chi connectivity index (χ2n) is 7.74. The molecular weight excluding hydrogens is 402 g/mol. The van der Waals surface area contributed by atoms with Gasteiger partial charge in [-0.25, -0.2) is 0 Å². The standard InChI is InChI=1S/C26H27N3O3/c1-4-29-15-18(13-17-9-5-7-11-22(17)30-2)25-21(16-29)24(20(14-27)26(28)32-25)19-10-6-8-12-23(19)31-3/h5-13,24H,4,15-16,28H2,1-3H3/b18-13+. The van der Waals surface area contributed by atoms with Gasteiger partial charge < -0.3 is 19.9 Å². The first kappa shape index (κ1) is 21.5. The van der Waals surface area contributed by atoms with E-state index in [1.54, 1.807) is 14.2 Å². The Balaban J connectivity index is 1.92. The summed E-state index contributed by atoms with van der Waals surface area (Å²) >= 11 is 0. The largest absolute Gasteiger partial charge is 0.496 e. The first-order valence-corrected chi connectivity index (χ1v) is 10.6. The van der Waals surface area contributed by atoms with E-state index in [-0.39, 0.29) is 11.8 Å². The van der Waals surface area contributed by atoms with Crippen LogP contribution < -0.4 is 15.2 Å². The summed E-state index contributed by atoms with van der Waals surface area (Å²) in [5, 5.41) is 9.96. The summed E-state index contributed by atoms with van der Waals surface area (Å²) in [4.78, 5) is 2.32. The monoisotopic (exact) mass is 429 g/mol. The molecule has 0 spiro atoms. The highest BCUT2D eigenvalue weighted by molar-refractivity contribution is 5.66. The molecule has 32 heavy (non-hydrogen) atoms. The van der Waals surface area contributed by atoms with Crippen LogP contribution in [-0.2, 0) is 4.74 Å². The van der Waals surface area contributed by atoms with Gasteiger partial charge >= 0.3 is 0 Å². The molecule has 2 heterocycles. The maximum Gasteiger partial charge on any atom is 0.205 e. The third kappa shape index (κ3) is 3.83. The minimum absolute atomic E-state index is 0.137. The molecule has 0 bridgehead atoms. The van der Waals surface area contributed by atoms with E-state index in [0.717, 1.165) is 46.1 Å². The first-order valence-electron chi connectivity index (χ1n) is 10.6. The zero-order valence-corrected chi connectivity index (χ0v) is 18.6. The zero-order valence-electron chi connectivity index (χ0n) is 18.6. The van der Waals surface area contributed by atoms with E-state index in [0.29, 0.717) is 18.7 Å². The van der Waals surface area contributed by atoms with E-state index >= 15 is 0 Å². The molecule has 0 saturated heterocycles. The van der Waals surface area contributed by atoms with Crippen LogP contribution in [0.2, 0.25) is 0 Å². The van der Waals surface area contributed by atoms with E-state index in [2.05, 4.69) is 24.0 Å². The summed E-state index contributed by atoms with van der Waals surface area (Å²) in [7, 11) is 3.30. The van der Waals surface area contributed by atoms with Gasteiger partial charge in [0.1, 0.15) is 28.9 Å². The van der Waals surface area contributed by atoms with E-state index < -0.39 is 0 Å². The van der Waals surface area contributed by atoms with Crippen LogP contribution in [0.1, 0.15) is 24.0 Å². The van der Waals surface area contributed by atoms with Crippen LogP contribution in [0.15, 0.2) is 76.9 Å². The van der Waals surface area contributed by atoms with Gasteiger partial charge in [0.05, 0.1) is 20.1 Å². The van der Waals surface area contributed by atoms with Gasteiger partial charge in [-0.2, -0.15) is 5.26 Å². The molecule has 0 saturated carbocycles. The zero-order chi connectivity index (χ0) is 22.7. The smallest absolute Gasteiger partial charge is 0.205 e. The van der Waals surface area contributed by atoms with Crippen LogP contribution in [0.4, 0.5) is 0 Å². The Morgan fingerprint density at radius 1 is 1.09 bits per heavy atom. The number of nitriles is 1. The number of hydrogen-bond donors (Lipinski definition) is 1. The molecule has 164 valence electrons. The van der Waals surface area contributed by atoms with Gasteiger partial charge in [-0.15, -0.1) is 0 Å². The van der Waals surface area contributed by atoms with E-state index in [1.807, 2.05) is 48.5 Å². The van der Waals surface area contributed by atoms with Crippen molar-refractivity contribution in [1.29, 1.82) is 5.26 Å². The average Bonchev–Trinajstić information content (AvgIpc) is 2.83. The fourth-order valence-corrected chi connectivity index (χ4v) is 4.40. The minimum Gasteiger partial charge on any atom is -0.496 e. The molecule has 0 radical (unpaired) electrons. The molecule has 1 unspecified atom stereocenters. The third-order valence-corrected chi connectivity index (χ3v) is 5.97. The number of nitrogens with two attached hydrogens (primary N) is 1. The number of rotatable bonds is 5. The van der Waals surface area contributed by atoms with Crippen molar-refractivity contribution in [3.63, 3.8) is 0 Å². The molecule has 0 aromatic heterocycles. The summed E-state index contributed by atoms with van der Waals surface area (Å²) in [5.41, 5.74) is 10.6. The van der Waals surface area contributed by atoms with Crippen LogP contribution in [0.5, 0.6) is 11.5 Å². The van der Waals surface area contributed by atoms with Crippen molar-refractivity contribution in [1.82, 2.24) is 4.90 Å². The van der Waals surface area contributed by atoms with Gasteiger partial charge in [-0.05, 0) is 30.3 Å². The summed E-state index contributed by atoms with van der Waals surface area (Å²) in [6.07, 6.45) is 2.08. The Hall–Kier alpha value is -3.69. The predicted molar refractivity (Wildman–Crippen MR) is 124 cm³/mol. The van der Waals surface area contributed by atoms with E-state index in [9.17, 15) is 5.26 Å². The van der Waals surface area contributed by atoms with Crippen molar-refractivity contribution >= 4 is 6.08 Å². The van der Waals surface area contributed by atoms with Crippen molar-refractivity contribution < 1.29 is 14.2 Å². The maximum atomic E-state index is 9.96. The molecule has 0 aliphatic carbocycles. The SMILES string of the molecule is CCN1CC2=C(OC(N)=C(C#N)C2c2ccccc2OC)/C(=C/c2ccccc2OC)C1. The number of methoxy groups -OCH3 is 2. The molecule has 2 aromatic carbocycles. The number of benzene rings is 2. The summed E-state index contributed by atoms with van der Waals surface area (Å²) in [6.45, 7) is 4.38. The predicted octanol–water partition coefficient (Wildman–Crippen LogP) is 4.18. The van der Waals surface area contributed by atoms with Gasteiger partial charge in [0, 0.05) is 29.8 Å². The lowest BCUT2D eigenvalue weighted by Gasteiger charge is -2.38. The highest BCUT2D eigenvalue weighted by atomic mass is 16.5. The molecule has 2 N–H and O–H groups in total. The van der Waals surface area contributed by atoms with Crippen molar-refractivity contribution in [2.45, 2.75) is 12.8 Å². The molecule has 4 rings (SSSR count). The number of ether oxygens (including phenoxy) is 3. The molecular formula is C26H27N3O3. The van der Waals surface area contributed by atoms with Crippen LogP contribution in [0, 0.1) is 11.3 Å². The Morgan fingerprint density at radius 2 is 1.78 bits per heavy atom. The fourth-order valence-electron chi connectivity index (χ4n) is 4.40. The molecule has 2 aliphatic rings. The van der Waals surface area contributed by atoms with Gasteiger partial charge in [-0.3, -0.25) is 4.90 Å². The van der Waals surface area contributed by atoms with Crippen LogP contribution in [0.25, 0.3) is 6.08 Å². The highest BCUT2D eigenvalue weighted by Gasteiger charge is 2.38. The summed E-state index contributed by atoms with van der Waals surface area (Å²) < 4.78 is 17.3. The van der Waals surface area contributed by atoms with Crippen LogP contribution in [0.3, 0.4) is 0 Å². The van der Waals surface area contributed by atoms with E-state index in [4.69, 9.17) is 19.9 Å². The Bertz CT molecular complexity index is 1160. The lowest BCUT2D eigenvalue weighted by Crippen LogP contribution is -2.38.